The lowest BCUT2D eigenvalue weighted by Crippen LogP contribution is -2.37. The number of nitrogens with one attached hydrogen (secondary N) is 1. The zero-order valence-electron chi connectivity index (χ0n) is 10.7. The Balaban J connectivity index is 2.09. The molecule has 96 valence electrons. The molecule has 1 aliphatic carbocycles. The quantitative estimate of drug-likeness (QED) is 0.381. The Bertz CT molecular complexity index is 158. The molecule has 0 aliphatic heterocycles. The van der Waals surface area contributed by atoms with Crippen molar-refractivity contribution in [2.24, 2.45) is 11.8 Å². The van der Waals surface area contributed by atoms with Crippen LogP contribution in [0.25, 0.3) is 0 Å². The molecule has 0 radical (unpaired) electrons. The first-order chi connectivity index (χ1) is 7.86. The molecule has 1 saturated carbocycles. The van der Waals surface area contributed by atoms with Gasteiger partial charge in [-0.3, -0.25) is 11.3 Å². The van der Waals surface area contributed by atoms with Gasteiger partial charge in [0.05, 0.1) is 0 Å². The summed E-state index contributed by atoms with van der Waals surface area (Å²) in [6, 6.07) is 0.444. The number of rotatable bonds is 8. The number of nitrogens with two attached hydrogens (primary N) is 1. The molecule has 3 nitrogen and oxygen atoms in total. The smallest absolute Gasteiger partial charge is 0.0481 e. The van der Waals surface area contributed by atoms with E-state index in [0.717, 1.165) is 32.0 Å². The Hall–Kier alpha value is -0.120. The van der Waals surface area contributed by atoms with Gasteiger partial charge in [-0.25, -0.2) is 0 Å². The second-order valence-electron chi connectivity index (χ2n) is 5.00. The molecule has 1 aliphatic rings. The number of hydrogen-bond acceptors (Lipinski definition) is 3. The normalized spacial score (nSPS) is 19.9. The third-order valence-electron chi connectivity index (χ3n) is 3.54. The van der Waals surface area contributed by atoms with E-state index in [-0.39, 0.29) is 0 Å². The summed E-state index contributed by atoms with van der Waals surface area (Å²) in [7, 11) is 0. The van der Waals surface area contributed by atoms with Crippen LogP contribution < -0.4 is 11.3 Å². The zero-order valence-corrected chi connectivity index (χ0v) is 10.7. The first-order valence-electron chi connectivity index (χ1n) is 6.90. The molecule has 0 aromatic heterocycles. The summed E-state index contributed by atoms with van der Waals surface area (Å²) < 4.78 is 5.51. The van der Waals surface area contributed by atoms with E-state index < -0.39 is 0 Å². The molecule has 16 heavy (non-hydrogen) atoms. The van der Waals surface area contributed by atoms with Gasteiger partial charge in [-0.2, -0.15) is 0 Å². The molecule has 1 fully saturated rings. The fraction of sp³-hybridized carbons (Fsp3) is 1.00. The molecule has 0 aromatic carbocycles. The third-order valence-corrected chi connectivity index (χ3v) is 3.54. The Morgan fingerprint density at radius 1 is 1.25 bits per heavy atom. The molecule has 3 N–H and O–H groups in total. The highest BCUT2D eigenvalue weighted by atomic mass is 16.5. The van der Waals surface area contributed by atoms with Crippen LogP contribution in [0, 0.1) is 5.92 Å². The van der Waals surface area contributed by atoms with Crippen LogP contribution in [0.3, 0.4) is 0 Å². The monoisotopic (exact) mass is 228 g/mol. The Labute approximate surface area is 100 Å². The van der Waals surface area contributed by atoms with E-state index in [1.54, 1.807) is 0 Å². The van der Waals surface area contributed by atoms with Crippen LogP contribution >= 0.6 is 0 Å². The predicted octanol–water partition coefficient (Wildman–Crippen LogP) is 2.61. The van der Waals surface area contributed by atoms with Gasteiger partial charge in [0.25, 0.3) is 0 Å². The van der Waals surface area contributed by atoms with Crippen LogP contribution in [0.4, 0.5) is 0 Å². The van der Waals surface area contributed by atoms with Gasteiger partial charge in [0.1, 0.15) is 0 Å². The van der Waals surface area contributed by atoms with Crippen molar-refractivity contribution < 1.29 is 4.74 Å². The molecular weight excluding hydrogens is 200 g/mol. The molecule has 0 aromatic rings. The zero-order chi connectivity index (χ0) is 11.6. The van der Waals surface area contributed by atoms with Crippen LogP contribution in [-0.4, -0.2) is 19.3 Å². The van der Waals surface area contributed by atoms with Gasteiger partial charge < -0.3 is 4.74 Å². The minimum Gasteiger partial charge on any atom is -0.381 e. The molecule has 0 heterocycles. The molecule has 0 bridgehead atoms. The van der Waals surface area contributed by atoms with Crippen LogP contribution in [0.1, 0.15) is 58.3 Å². The summed E-state index contributed by atoms with van der Waals surface area (Å²) in [5, 5.41) is 0. The van der Waals surface area contributed by atoms with E-state index >= 15 is 0 Å². The van der Waals surface area contributed by atoms with Gasteiger partial charge in [0, 0.05) is 19.3 Å². The Kier molecular flexibility index (Phi) is 7.81. The van der Waals surface area contributed by atoms with E-state index in [1.807, 2.05) is 0 Å². The molecule has 1 atom stereocenters. The Morgan fingerprint density at radius 2 is 2.00 bits per heavy atom. The van der Waals surface area contributed by atoms with Gasteiger partial charge in [0.15, 0.2) is 0 Å². The average molecular weight is 228 g/mol. The first kappa shape index (κ1) is 13.9. The maximum atomic E-state index is 5.60. The van der Waals surface area contributed by atoms with Crippen molar-refractivity contribution in [3.05, 3.63) is 0 Å². The van der Waals surface area contributed by atoms with Crippen LogP contribution in [0.5, 0.6) is 0 Å². The van der Waals surface area contributed by atoms with Crippen molar-refractivity contribution in [3.8, 4) is 0 Å². The number of hydrogen-bond donors (Lipinski definition) is 2. The highest BCUT2D eigenvalue weighted by Crippen LogP contribution is 2.27. The molecule has 0 spiro atoms. The summed E-state index contributed by atoms with van der Waals surface area (Å²) in [6.07, 6.45) is 10.4. The lowest BCUT2D eigenvalue weighted by molar-refractivity contribution is 0.120. The predicted molar refractivity (Wildman–Crippen MR) is 68.0 cm³/mol. The lowest BCUT2D eigenvalue weighted by Gasteiger charge is -2.26. The Morgan fingerprint density at radius 3 is 2.62 bits per heavy atom. The van der Waals surface area contributed by atoms with E-state index in [9.17, 15) is 0 Å². The fourth-order valence-corrected chi connectivity index (χ4v) is 2.57. The molecule has 0 amide bonds. The minimum atomic E-state index is 0.444. The van der Waals surface area contributed by atoms with E-state index in [1.165, 1.54) is 38.5 Å². The van der Waals surface area contributed by atoms with E-state index in [2.05, 4.69) is 12.3 Å². The van der Waals surface area contributed by atoms with Gasteiger partial charge in [-0.05, 0) is 25.2 Å². The maximum Gasteiger partial charge on any atom is 0.0481 e. The topological polar surface area (TPSA) is 47.3 Å². The number of ether oxygens (including phenoxy) is 1. The van der Waals surface area contributed by atoms with Gasteiger partial charge in [0.2, 0.25) is 0 Å². The van der Waals surface area contributed by atoms with Crippen molar-refractivity contribution in [1.29, 1.82) is 0 Å². The summed E-state index contributed by atoms with van der Waals surface area (Å²) >= 11 is 0. The van der Waals surface area contributed by atoms with Crippen molar-refractivity contribution in [2.75, 3.05) is 13.2 Å². The summed E-state index contributed by atoms with van der Waals surface area (Å²) in [6.45, 7) is 3.86. The van der Waals surface area contributed by atoms with Gasteiger partial charge in [-0.15, -0.1) is 0 Å². The lowest BCUT2D eigenvalue weighted by atomic mass is 9.84. The minimum absolute atomic E-state index is 0.444. The molecule has 3 heteroatoms. The van der Waals surface area contributed by atoms with Crippen LogP contribution in [-0.2, 0) is 4.74 Å². The summed E-state index contributed by atoms with van der Waals surface area (Å²) in [5.41, 5.74) is 2.95. The highest BCUT2D eigenvalue weighted by molar-refractivity contribution is 4.73. The first-order valence-corrected chi connectivity index (χ1v) is 6.90. The SMILES string of the molecule is CCCOCCC(CC1CCCCC1)NN. The largest absolute Gasteiger partial charge is 0.381 e. The van der Waals surface area contributed by atoms with Gasteiger partial charge in [-0.1, -0.05) is 39.0 Å². The van der Waals surface area contributed by atoms with Crippen LogP contribution in [0.15, 0.2) is 0 Å². The van der Waals surface area contributed by atoms with Crippen molar-refractivity contribution in [3.63, 3.8) is 0 Å². The maximum absolute atomic E-state index is 5.60. The highest BCUT2D eigenvalue weighted by Gasteiger charge is 2.17. The average Bonchev–Trinajstić information content (AvgIpc) is 2.34. The van der Waals surface area contributed by atoms with E-state index in [4.69, 9.17) is 10.6 Å². The number of hydrazine groups is 1. The van der Waals surface area contributed by atoms with Gasteiger partial charge >= 0.3 is 0 Å². The molecule has 1 unspecified atom stereocenters. The third kappa shape index (κ3) is 5.83. The second kappa shape index (κ2) is 8.97. The standard InChI is InChI=1S/C13H28N2O/c1-2-9-16-10-8-13(15-14)11-12-6-4-3-5-7-12/h12-13,15H,2-11,14H2,1H3. The fourth-order valence-electron chi connectivity index (χ4n) is 2.57. The van der Waals surface area contributed by atoms with Crippen molar-refractivity contribution in [2.45, 2.75) is 64.3 Å². The molecular formula is C13H28N2O. The second-order valence-corrected chi connectivity index (χ2v) is 5.00. The molecule has 1 rings (SSSR count). The summed E-state index contributed by atoms with van der Waals surface area (Å²) in [5.74, 6) is 6.49. The molecule has 0 saturated heterocycles. The van der Waals surface area contributed by atoms with Crippen LogP contribution in [0.2, 0.25) is 0 Å². The summed E-state index contributed by atoms with van der Waals surface area (Å²) in [4.78, 5) is 0. The van der Waals surface area contributed by atoms with Crippen molar-refractivity contribution >= 4 is 0 Å². The van der Waals surface area contributed by atoms with Crippen molar-refractivity contribution in [1.82, 2.24) is 5.43 Å². The van der Waals surface area contributed by atoms with E-state index in [0.29, 0.717) is 6.04 Å².